The molecule has 4 aromatic carbocycles. The smallest absolute Gasteiger partial charge is 0.226 e. The van der Waals surface area contributed by atoms with Gasteiger partial charge >= 0.3 is 0 Å². The Labute approximate surface area is 327 Å². The molecule has 0 amide bonds. The molecular weight excluding hydrogens is 720 g/mol. The van der Waals surface area contributed by atoms with Crippen LogP contribution in [-0.2, 0) is 25.8 Å². The van der Waals surface area contributed by atoms with E-state index in [0.29, 0.717) is 72.1 Å². The average Bonchev–Trinajstić information content (AvgIpc) is 3.62. The molecule has 2 aromatic heterocycles. The van der Waals surface area contributed by atoms with Crippen molar-refractivity contribution in [1.82, 2.24) is 19.5 Å². The van der Waals surface area contributed by atoms with Crippen molar-refractivity contribution in [3.63, 3.8) is 0 Å². The molecule has 1 aliphatic heterocycles. The van der Waals surface area contributed by atoms with Gasteiger partial charge < -0.3 is 43.2 Å². The highest BCUT2D eigenvalue weighted by Crippen LogP contribution is 2.43. The molecule has 0 fully saturated rings. The first-order chi connectivity index (χ1) is 26.5. The van der Waals surface area contributed by atoms with Gasteiger partial charge in [-0.15, -0.1) is 12.4 Å². The Morgan fingerprint density at radius 2 is 1.29 bits per heavy atom. The molecule has 1 unspecified atom stereocenters. The summed E-state index contributed by atoms with van der Waals surface area (Å²) in [6.45, 7) is 1.92. The Bertz CT molecular complexity index is 2230. The summed E-state index contributed by atoms with van der Waals surface area (Å²) in [7, 11) is 9.93. The van der Waals surface area contributed by atoms with Crippen molar-refractivity contribution in [3.05, 3.63) is 113 Å². The standard InChI is InChI=1S/C42H46N6O6.ClH/c1-49-33-14-12-27(21-35(33)51-3)16-18-43-42-45-40-39(47(26-44-40)25-28-10-8-7-9-11-28)41(46-42)48-19-17-30-23-37(53-5)38(54-6)24-31(30)32(48)20-29-13-15-34(50-2)36(22-29)52-4;/h7-15,21-24,26,32H,16-20,25H2,1-6H3,(H,43,45,46);1H. The van der Waals surface area contributed by atoms with Crippen LogP contribution in [0.2, 0.25) is 0 Å². The first-order valence-corrected chi connectivity index (χ1v) is 17.9. The summed E-state index contributed by atoms with van der Waals surface area (Å²) in [5.41, 5.74) is 7.16. The second-order valence-electron chi connectivity index (χ2n) is 13.0. The van der Waals surface area contributed by atoms with Crippen LogP contribution in [0.1, 0.15) is 33.9 Å². The summed E-state index contributed by atoms with van der Waals surface area (Å²) in [6.07, 6.45) is 4.01. The van der Waals surface area contributed by atoms with E-state index in [4.69, 9.17) is 43.4 Å². The third-order valence-electron chi connectivity index (χ3n) is 9.95. The fourth-order valence-electron chi connectivity index (χ4n) is 7.23. The van der Waals surface area contributed by atoms with Gasteiger partial charge in [0.1, 0.15) is 5.52 Å². The molecule has 6 aromatic rings. The molecule has 0 bridgehead atoms. The van der Waals surface area contributed by atoms with Crippen molar-refractivity contribution in [2.75, 3.05) is 66.0 Å². The topological polar surface area (TPSA) is 114 Å². The Morgan fingerprint density at radius 1 is 0.673 bits per heavy atom. The second-order valence-corrected chi connectivity index (χ2v) is 13.0. The maximum atomic E-state index is 5.83. The van der Waals surface area contributed by atoms with Crippen LogP contribution in [0.25, 0.3) is 11.2 Å². The Hall–Kier alpha value is -5.88. The Kier molecular flexibility index (Phi) is 12.4. The van der Waals surface area contributed by atoms with Gasteiger partial charge in [0.05, 0.1) is 55.0 Å². The summed E-state index contributed by atoms with van der Waals surface area (Å²) in [5.74, 6) is 5.44. The third kappa shape index (κ3) is 8.14. The molecule has 1 atom stereocenters. The number of methoxy groups -OCH3 is 6. The van der Waals surface area contributed by atoms with Crippen LogP contribution >= 0.6 is 12.4 Å². The summed E-state index contributed by atoms with van der Waals surface area (Å²) in [5, 5.41) is 3.50. The number of imidazole rings is 1. The predicted molar refractivity (Wildman–Crippen MR) is 216 cm³/mol. The van der Waals surface area contributed by atoms with Crippen LogP contribution in [-0.4, -0.2) is 75.3 Å². The van der Waals surface area contributed by atoms with Gasteiger partial charge in [-0.2, -0.15) is 9.97 Å². The molecule has 288 valence electrons. The number of benzene rings is 4. The zero-order valence-corrected chi connectivity index (χ0v) is 32.8. The minimum Gasteiger partial charge on any atom is -0.493 e. The fraction of sp³-hybridized carbons (Fsp3) is 0.310. The van der Waals surface area contributed by atoms with Crippen molar-refractivity contribution in [1.29, 1.82) is 0 Å². The molecule has 0 aliphatic carbocycles. The minimum absolute atomic E-state index is 0. The zero-order valence-electron chi connectivity index (χ0n) is 32.0. The van der Waals surface area contributed by atoms with Crippen LogP contribution in [0.5, 0.6) is 34.5 Å². The van der Waals surface area contributed by atoms with Crippen molar-refractivity contribution < 1.29 is 28.4 Å². The molecule has 0 radical (unpaired) electrons. The summed E-state index contributed by atoms with van der Waals surface area (Å²) in [6, 6.07) is 26.5. The quantitative estimate of drug-likeness (QED) is 0.113. The number of hydrogen-bond donors (Lipinski definition) is 1. The van der Waals surface area contributed by atoms with Crippen LogP contribution in [0.15, 0.2) is 85.2 Å². The van der Waals surface area contributed by atoms with E-state index < -0.39 is 0 Å². The number of fused-ring (bicyclic) bond motifs is 2. The van der Waals surface area contributed by atoms with Gasteiger partial charge in [-0.25, -0.2) is 4.98 Å². The van der Waals surface area contributed by atoms with E-state index in [1.807, 2.05) is 42.7 Å². The number of ether oxygens (including phenoxy) is 6. The number of anilines is 2. The van der Waals surface area contributed by atoms with E-state index in [1.54, 1.807) is 42.7 Å². The normalized spacial score (nSPS) is 13.4. The van der Waals surface area contributed by atoms with E-state index >= 15 is 0 Å². The lowest BCUT2D eigenvalue weighted by Gasteiger charge is -2.39. The van der Waals surface area contributed by atoms with Gasteiger partial charge in [0, 0.05) is 19.6 Å². The number of nitrogens with one attached hydrogen (secondary N) is 1. The lowest BCUT2D eigenvalue weighted by atomic mass is 9.88. The Balaban J connectivity index is 0.00000514. The number of rotatable bonds is 15. The SMILES string of the molecule is COc1ccc(CCNc2nc(N3CCc4cc(OC)c(OC)cc4C3Cc3ccc(OC)c(OC)c3)c3c(ncn3Cc3ccccc3)n2)cc1OC.Cl. The minimum atomic E-state index is -0.135. The van der Waals surface area contributed by atoms with E-state index in [2.05, 4.69) is 57.2 Å². The molecule has 1 N–H and O–H groups in total. The van der Waals surface area contributed by atoms with Crippen molar-refractivity contribution in [2.45, 2.75) is 31.8 Å². The molecule has 55 heavy (non-hydrogen) atoms. The first-order valence-electron chi connectivity index (χ1n) is 17.9. The monoisotopic (exact) mass is 766 g/mol. The number of halogens is 1. The molecule has 12 nitrogen and oxygen atoms in total. The lowest BCUT2D eigenvalue weighted by Crippen LogP contribution is -2.38. The highest BCUT2D eigenvalue weighted by molar-refractivity contribution is 5.86. The molecule has 1 aliphatic rings. The molecular formula is C42H47ClN6O6. The zero-order chi connectivity index (χ0) is 37.6. The van der Waals surface area contributed by atoms with Gasteiger partial charge in [0.25, 0.3) is 0 Å². The van der Waals surface area contributed by atoms with E-state index in [0.717, 1.165) is 46.4 Å². The molecule has 13 heteroatoms. The Morgan fingerprint density at radius 3 is 1.96 bits per heavy atom. The number of nitrogens with zero attached hydrogens (tertiary/aromatic N) is 5. The van der Waals surface area contributed by atoms with Crippen LogP contribution in [0.3, 0.4) is 0 Å². The van der Waals surface area contributed by atoms with Gasteiger partial charge in [-0.05, 0) is 83.5 Å². The fourth-order valence-corrected chi connectivity index (χ4v) is 7.23. The van der Waals surface area contributed by atoms with Gasteiger partial charge in [0.15, 0.2) is 46.0 Å². The van der Waals surface area contributed by atoms with E-state index in [1.165, 1.54) is 5.56 Å². The first kappa shape index (κ1) is 38.8. The summed E-state index contributed by atoms with van der Waals surface area (Å²) >= 11 is 0. The van der Waals surface area contributed by atoms with Gasteiger partial charge in [0.2, 0.25) is 5.95 Å². The highest BCUT2D eigenvalue weighted by atomic mass is 35.5. The lowest BCUT2D eigenvalue weighted by molar-refractivity contribution is 0.352. The third-order valence-corrected chi connectivity index (χ3v) is 9.95. The van der Waals surface area contributed by atoms with Gasteiger partial charge in [-0.1, -0.05) is 42.5 Å². The van der Waals surface area contributed by atoms with Crippen molar-refractivity contribution in [2.24, 2.45) is 0 Å². The molecule has 3 heterocycles. The highest BCUT2D eigenvalue weighted by Gasteiger charge is 2.33. The van der Waals surface area contributed by atoms with E-state index in [-0.39, 0.29) is 18.4 Å². The van der Waals surface area contributed by atoms with Crippen molar-refractivity contribution in [3.8, 4) is 34.5 Å². The van der Waals surface area contributed by atoms with Gasteiger partial charge in [-0.3, -0.25) is 0 Å². The molecule has 0 spiro atoms. The maximum Gasteiger partial charge on any atom is 0.226 e. The summed E-state index contributed by atoms with van der Waals surface area (Å²) in [4.78, 5) is 17.4. The summed E-state index contributed by atoms with van der Waals surface area (Å²) < 4.78 is 36.0. The molecule has 0 saturated heterocycles. The molecule has 7 rings (SSSR count). The van der Waals surface area contributed by atoms with Crippen LogP contribution < -0.4 is 38.6 Å². The molecule has 0 saturated carbocycles. The van der Waals surface area contributed by atoms with Crippen molar-refractivity contribution >= 4 is 35.3 Å². The second kappa shape index (κ2) is 17.5. The van der Waals surface area contributed by atoms with E-state index in [9.17, 15) is 0 Å². The van der Waals surface area contributed by atoms with Crippen LogP contribution in [0, 0.1) is 0 Å². The maximum absolute atomic E-state index is 5.83. The number of aromatic nitrogens is 4. The average molecular weight is 767 g/mol. The number of hydrogen-bond acceptors (Lipinski definition) is 11. The van der Waals surface area contributed by atoms with Crippen LogP contribution in [0.4, 0.5) is 11.8 Å². The largest absolute Gasteiger partial charge is 0.493 e. The predicted octanol–water partition coefficient (Wildman–Crippen LogP) is 7.35.